The van der Waals surface area contributed by atoms with Gasteiger partial charge in [0.05, 0.1) is 24.4 Å². The number of rotatable bonds is 5. The zero-order valence-corrected chi connectivity index (χ0v) is 12.8. The molecule has 0 spiro atoms. The van der Waals surface area contributed by atoms with Crippen molar-refractivity contribution in [3.63, 3.8) is 0 Å². The van der Waals surface area contributed by atoms with E-state index < -0.39 is 0 Å². The van der Waals surface area contributed by atoms with Gasteiger partial charge in [-0.15, -0.1) is 0 Å². The average molecular weight is 253 g/mol. The fourth-order valence-electron chi connectivity index (χ4n) is 2.14. The monoisotopic (exact) mass is 253 g/mol. The fourth-order valence-corrected chi connectivity index (χ4v) is 2.14. The number of nitrogens with zero attached hydrogens (tertiary/aromatic N) is 2. The van der Waals surface area contributed by atoms with Crippen molar-refractivity contribution in [1.29, 1.82) is 0 Å². The van der Waals surface area contributed by atoms with Crippen molar-refractivity contribution in [3.8, 4) is 0 Å². The molecule has 4 heteroatoms. The van der Waals surface area contributed by atoms with E-state index in [1.807, 2.05) is 11.7 Å². The third-order valence-corrected chi connectivity index (χ3v) is 3.14. The van der Waals surface area contributed by atoms with Crippen LogP contribution in [0.4, 0.5) is 0 Å². The molecule has 0 aliphatic rings. The molecule has 0 aromatic carbocycles. The van der Waals surface area contributed by atoms with Crippen molar-refractivity contribution in [2.45, 2.75) is 59.7 Å². The molecule has 1 rings (SSSR count). The summed E-state index contributed by atoms with van der Waals surface area (Å²) in [6.07, 6.45) is 0. The molecule has 0 aliphatic carbocycles. The van der Waals surface area contributed by atoms with E-state index >= 15 is 0 Å². The van der Waals surface area contributed by atoms with Crippen molar-refractivity contribution in [1.82, 2.24) is 15.1 Å². The second-order valence-corrected chi connectivity index (χ2v) is 5.78. The van der Waals surface area contributed by atoms with Crippen molar-refractivity contribution < 1.29 is 4.74 Å². The molecule has 104 valence electrons. The summed E-state index contributed by atoms with van der Waals surface area (Å²) in [6, 6.07) is 0.335. The maximum absolute atomic E-state index is 5.75. The molecule has 0 aliphatic heterocycles. The molecule has 1 aromatic rings. The summed E-state index contributed by atoms with van der Waals surface area (Å²) in [7, 11) is 1.98. The lowest BCUT2D eigenvalue weighted by Gasteiger charge is -2.19. The molecule has 1 N–H and O–H groups in total. The second kappa shape index (κ2) is 5.85. The summed E-state index contributed by atoms with van der Waals surface area (Å²) in [5, 5.41) is 7.87. The highest BCUT2D eigenvalue weighted by atomic mass is 16.5. The molecular weight excluding hydrogens is 226 g/mol. The lowest BCUT2D eigenvalue weighted by atomic mass is 10.1. The lowest BCUT2D eigenvalue weighted by molar-refractivity contribution is -0.00811. The number of hydrogen-bond donors (Lipinski definition) is 1. The molecule has 1 heterocycles. The van der Waals surface area contributed by atoms with Crippen molar-refractivity contribution >= 4 is 0 Å². The molecule has 1 atom stereocenters. The summed E-state index contributed by atoms with van der Waals surface area (Å²) in [4.78, 5) is 0. The lowest BCUT2D eigenvalue weighted by Crippen LogP contribution is -2.22. The van der Waals surface area contributed by atoms with Crippen LogP contribution in [0.5, 0.6) is 0 Å². The smallest absolute Gasteiger partial charge is 0.0669 e. The predicted octanol–water partition coefficient (Wildman–Crippen LogP) is 2.60. The highest BCUT2D eigenvalue weighted by molar-refractivity contribution is 5.27. The van der Waals surface area contributed by atoms with Crippen LogP contribution >= 0.6 is 0 Å². The van der Waals surface area contributed by atoms with Crippen LogP contribution in [0.1, 0.15) is 50.7 Å². The van der Waals surface area contributed by atoms with Crippen LogP contribution in [-0.4, -0.2) is 29.0 Å². The Morgan fingerprint density at radius 2 is 1.94 bits per heavy atom. The van der Waals surface area contributed by atoms with Gasteiger partial charge in [-0.2, -0.15) is 5.10 Å². The Bertz CT molecular complexity index is 390. The molecule has 1 aromatic heterocycles. The van der Waals surface area contributed by atoms with Crippen molar-refractivity contribution in [3.05, 3.63) is 17.0 Å². The van der Waals surface area contributed by atoms with Gasteiger partial charge >= 0.3 is 0 Å². The van der Waals surface area contributed by atoms with E-state index in [9.17, 15) is 0 Å². The Morgan fingerprint density at radius 3 is 2.44 bits per heavy atom. The third-order valence-electron chi connectivity index (χ3n) is 3.14. The van der Waals surface area contributed by atoms with Gasteiger partial charge in [-0.3, -0.25) is 4.68 Å². The number of aryl methyl sites for hydroxylation is 1. The molecule has 0 amide bonds. The fraction of sp³-hybridized carbons (Fsp3) is 0.786. The van der Waals surface area contributed by atoms with E-state index in [1.165, 1.54) is 11.3 Å². The minimum absolute atomic E-state index is 0.0861. The molecule has 0 fully saturated rings. The Hall–Kier alpha value is -0.870. The number of aromatic nitrogens is 2. The maximum atomic E-state index is 5.75. The van der Waals surface area contributed by atoms with E-state index in [0.717, 1.165) is 12.2 Å². The molecule has 0 radical (unpaired) electrons. The van der Waals surface area contributed by atoms with Crippen LogP contribution in [-0.2, 0) is 11.3 Å². The van der Waals surface area contributed by atoms with Crippen molar-refractivity contribution in [2.24, 2.45) is 0 Å². The van der Waals surface area contributed by atoms with Gasteiger partial charge < -0.3 is 10.1 Å². The van der Waals surface area contributed by atoms with Gasteiger partial charge in [-0.05, 0) is 48.6 Å². The van der Waals surface area contributed by atoms with Gasteiger partial charge in [0.1, 0.15) is 0 Å². The molecular formula is C14H27N3O. The molecule has 0 saturated heterocycles. The maximum Gasteiger partial charge on any atom is 0.0669 e. The van der Waals surface area contributed by atoms with E-state index in [1.54, 1.807) is 0 Å². The summed E-state index contributed by atoms with van der Waals surface area (Å²) in [5.41, 5.74) is 3.54. The van der Waals surface area contributed by atoms with Gasteiger partial charge in [0, 0.05) is 17.3 Å². The quantitative estimate of drug-likeness (QED) is 0.876. The van der Waals surface area contributed by atoms with Crippen LogP contribution in [0.25, 0.3) is 0 Å². The number of nitrogens with one attached hydrogen (secondary N) is 1. The molecule has 1 unspecified atom stereocenters. The van der Waals surface area contributed by atoms with E-state index in [2.05, 4.69) is 52.0 Å². The number of hydrogen-bond acceptors (Lipinski definition) is 3. The van der Waals surface area contributed by atoms with E-state index in [4.69, 9.17) is 4.74 Å². The summed E-state index contributed by atoms with van der Waals surface area (Å²) in [6.45, 7) is 14.1. The first kappa shape index (κ1) is 15.2. The average Bonchev–Trinajstić information content (AvgIpc) is 2.52. The molecule has 0 bridgehead atoms. The molecule has 4 nitrogen and oxygen atoms in total. The molecule has 0 saturated carbocycles. The SMILES string of the molecule is CNC(C)c1c(C)nn(CCOC(C)(C)C)c1C. The van der Waals surface area contributed by atoms with Gasteiger partial charge in [0.2, 0.25) is 0 Å². The standard InChI is InChI=1S/C14H27N3O/c1-10(15-7)13-11(2)16-17(12(13)3)8-9-18-14(4,5)6/h10,15H,8-9H2,1-7H3. The van der Waals surface area contributed by atoms with Crippen LogP contribution in [0.15, 0.2) is 0 Å². The Balaban J connectivity index is 2.74. The predicted molar refractivity (Wildman–Crippen MR) is 74.9 cm³/mol. The topological polar surface area (TPSA) is 39.1 Å². The Labute approximate surface area is 111 Å². The minimum atomic E-state index is -0.0861. The Kier molecular flexibility index (Phi) is 4.93. The first-order chi connectivity index (χ1) is 8.26. The Morgan fingerprint density at radius 1 is 1.33 bits per heavy atom. The van der Waals surface area contributed by atoms with Gasteiger partial charge in [0.15, 0.2) is 0 Å². The summed E-state index contributed by atoms with van der Waals surface area (Å²) in [5.74, 6) is 0. The zero-order valence-electron chi connectivity index (χ0n) is 12.8. The van der Waals surface area contributed by atoms with Crippen LogP contribution in [0.2, 0.25) is 0 Å². The van der Waals surface area contributed by atoms with Crippen LogP contribution in [0, 0.1) is 13.8 Å². The molecule has 18 heavy (non-hydrogen) atoms. The third kappa shape index (κ3) is 3.82. The van der Waals surface area contributed by atoms with Crippen LogP contribution in [0.3, 0.4) is 0 Å². The van der Waals surface area contributed by atoms with Crippen molar-refractivity contribution in [2.75, 3.05) is 13.7 Å². The number of ether oxygens (including phenoxy) is 1. The van der Waals surface area contributed by atoms with E-state index in [0.29, 0.717) is 12.6 Å². The largest absolute Gasteiger partial charge is 0.374 e. The van der Waals surface area contributed by atoms with Crippen LogP contribution < -0.4 is 5.32 Å². The van der Waals surface area contributed by atoms with Gasteiger partial charge in [-0.1, -0.05) is 0 Å². The first-order valence-corrected chi connectivity index (χ1v) is 6.61. The highest BCUT2D eigenvalue weighted by Crippen LogP contribution is 2.20. The normalized spacial score (nSPS) is 13.9. The second-order valence-electron chi connectivity index (χ2n) is 5.78. The summed E-state index contributed by atoms with van der Waals surface area (Å²) >= 11 is 0. The first-order valence-electron chi connectivity index (χ1n) is 6.61. The van der Waals surface area contributed by atoms with Gasteiger partial charge in [0.25, 0.3) is 0 Å². The van der Waals surface area contributed by atoms with E-state index in [-0.39, 0.29) is 5.60 Å². The van der Waals surface area contributed by atoms with Gasteiger partial charge in [-0.25, -0.2) is 0 Å². The minimum Gasteiger partial charge on any atom is -0.374 e. The highest BCUT2D eigenvalue weighted by Gasteiger charge is 2.16. The zero-order chi connectivity index (χ0) is 13.9. The summed E-state index contributed by atoms with van der Waals surface area (Å²) < 4.78 is 7.79.